The van der Waals surface area contributed by atoms with Crippen molar-refractivity contribution in [2.45, 2.75) is 13.0 Å². The first-order valence-electron chi connectivity index (χ1n) is 6.85. The Morgan fingerprint density at radius 3 is 2.86 bits per heavy atom. The number of anilines is 2. The number of rotatable bonds is 5. The third-order valence-corrected chi connectivity index (χ3v) is 3.66. The van der Waals surface area contributed by atoms with Gasteiger partial charge in [0.15, 0.2) is 0 Å². The van der Waals surface area contributed by atoms with Crippen LogP contribution >= 0.6 is 11.6 Å². The second-order valence-corrected chi connectivity index (χ2v) is 5.23. The van der Waals surface area contributed by atoms with E-state index in [9.17, 15) is 0 Å². The summed E-state index contributed by atoms with van der Waals surface area (Å²) in [4.78, 5) is 4.40. The topological polar surface area (TPSA) is 50.1 Å². The van der Waals surface area contributed by atoms with Gasteiger partial charge < -0.3 is 15.0 Å². The molecule has 0 spiro atoms. The van der Waals surface area contributed by atoms with Crippen molar-refractivity contribution in [3.8, 4) is 0 Å². The molecule has 1 heterocycles. The van der Waals surface area contributed by atoms with Gasteiger partial charge in [0, 0.05) is 18.8 Å². The summed E-state index contributed by atoms with van der Waals surface area (Å²) >= 11 is 6.15. The first kappa shape index (κ1) is 13.9. The van der Waals surface area contributed by atoms with Crippen molar-refractivity contribution in [3.05, 3.63) is 53.8 Å². The van der Waals surface area contributed by atoms with Crippen LogP contribution in [-0.2, 0) is 6.54 Å². The van der Waals surface area contributed by atoms with E-state index in [1.54, 1.807) is 6.33 Å². The second kappa shape index (κ2) is 6.16. The number of halogens is 1. The van der Waals surface area contributed by atoms with Crippen molar-refractivity contribution in [2.24, 2.45) is 0 Å². The zero-order valence-corrected chi connectivity index (χ0v) is 12.2. The van der Waals surface area contributed by atoms with Crippen LogP contribution in [0, 0.1) is 0 Å². The SMILES string of the molecule is OCCCn1cnc2cc(Nc3ccccc3Cl)ccc21. The van der Waals surface area contributed by atoms with Crippen LogP contribution in [-0.4, -0.2) is 21.3 Å². The molecule has 2 aromatic carbocycles. The molecule has 0 aliphatic heterocycles. The molecule has 0 saturated carbocycles. The third-order valence-electron chi connectivity index (χ3n) is 3.33. The molecule has 108 valence electrons. The van der Waals surface area contributed by atoms with E-state index in [4.69, 9.17) is 16.7 Å². The van der Waals surface area contributed by atoms with Gasteiger partial charge in [-0.25, -0.2) is 4.98 Å². The minimum atomic E-state index is 0.186. The highest BCUT2D eigenvalue weighted by atomic mass is 35.5. The quantitative estimate of drug-likeness (QED) is 0.753. The van der Waals surface area contributed by atoms with Gasteiger partial charge in [0.1, 0.15) is 0 Å². The molecule has 0 atom stereocenters. The number of imidazole rings is 1. The van der Waals surface area contributed by atoms with Crippen molar-refractivity contribution in [1.29, 1.82) is 0 Å². The van der Waals surface area contributed by atoms with Crippen LogP contribution in [0.3, 0.4) is 0 Å². The maximum atomic E-state index is 8.92. The summed E-state index contributed by atoms with van der Waals surface area (Å²) in [5.74, 6) is 0. The van der Waals surface area contributed by atoms with Crippen molar-refractivity contribution in [1.82, 2.24) is 9.55 Å². The Balaban J connectivity index is 1.86. The van der Waals surface area contributed by atoms with Crippen molar-refractivity contribution in [2.75, 3.05) is 11.9 Å². The Labute approximate surface area is 128 Å². The predicted octanol–water partition coefficient (Wildman–Crippen LogP) is 3.82. The van der Waals surface area contributed by atoms with E-state index in [0.717, 1.165) is 35.4 Å². The summed E-state index contributed by atoms with van der Waals surface area (Å²) in [5.41, 5.74) is 3.80. The molecule has 2 N–H and O–H groups in total. The Hall–Kier alpha value is -2.04. The van der Waals surface area contributed by atoms with Gasteiger partial charge in [-0.2, -0.15) is 0 Å². The number of fused-ring (bicyclic) bond motifs is 1. The molecule has 4 nitrogen and oxygen atoms in total. The minimum absolute atomic E-state index is 0.186. The molecule has 0 bridgehead atoms. The number of nitrogens with one attached hydrogen (secondary N) is 1. The van der Waals surface area contributed by atoms with Crippen LogP contribution < -0.4 is 5.32 Å². The van der Waals surface area contributed by atoms with Crippen LogP contribution in [0.5, 0.6) is 0 Å². The van der Waals surface area contributed by atoms with E-state index < -0.39 is 0 Å². The fourth-order valence-electron chi connectivity index (χ4n) is 2.28. The van der Waals surface area contributed by atoms with Crippen LogP contribution in [0.4, 0.5) is 11.4 Å². The average Bonchev–Trinajstić information content (AvgIpc) is 2.90. The van der Waals surface area contributed by atoms with Gasteiger partial charge in [-0.1, -0.05) is 23.7 Å². The molecule has 5 heteroatoms. The predicted molar refractivity (Wildman–Crippen MR) is 86.2 cm³/mol. The maximum Gasteiger partial charge on any atom is 0.0958 e. The highest BCUT2D eigenvalue weighted by molar-refractivity contribution is 6.33. The molecule has 0 fully saturated rings. The summed E-state index contributed by atoms with van der Waals surface area (Å²) in [7, 11) is 0. The first-order chi connectivity index (χ1) is 10.3. The summed E-state index contributed by atoms with van der Waals surface area (Å²) in [6, 6.07) is 13.7. The highest BCUT2D eigenvalue weighted by Crippen LogP contribution is 2.26. The molecule has 0 aliphatic rings. The molecule has 3 aromatic rings. The lowest BCUT2D eigenvalue weighted by molar-refractivity contribution is 0.280. The molecule has 1 aromatic heterocycles. The molecule has 3 rings (SSSR count). The number of aromatic nitrogens is 2. The van der Waals surface area contributed by atoms with E-state index >= 15 is 0 Å². The lowest BCUT2D eigenvalue weighted by Crippen LogP contribution is -1.98. The van der Waals surface area contributed by atoms with Crippen LogP contribution in [0.25, 0.3) is 11.0 Å². The van der Waals surface area contributed by atoms with Gasteiger partial charge in [-0.15, -0.1) is 0 Å². The monoisotopic (exact) mass is 301 g/mol. The van der Waals surface area contributed by atoms with E-state index in [0.29, 0.717) is 5.02 Å². The lowest BCUT2D eigenvalue weighted by Gasteiger charge is -2.08. The summed E-state index contributed by atoms with van der Waals surface area (Å²) in [5, 5.41) is 12.9. The van der Waals surface area contributed by atoms with E-state index in [1.165, 1.54) is 0 Å². The number of aliphatic hydroxyl groups is 1. The minimum Gasteiger partial charge on any atom is -0.396 e. The van der Waals surface area contributed by atoms with Crippen molar-refractivity contribution in [3.63, 3.8) is 0 Å². The fourth-order valence-corrected chi connectivity index (χ4v) is 2.46. The molecule has 0 unspecified atom stereocenters. The van der Waals surface area contributed by atoms with E-state index in [2.05, 4.69) is 10.3 Å². The summed E-state index contributed by atoms with van der Waals surface area (Å²) < 4.78 is 2.05. The van der Waals surface area contributed by atoms with Gasteiger partial charge in [0.25, 0.3) is 0 Å². The number of hydrogen-bond donors (Lipinski definition) is 2. The Morgan fingerprint density at radius 2 is 2.05 bits per heavy atom. The highest BCUT2D eigenvalue weighted by Gasteiger charge is 2.05. The molecular formula is C16H16ClN3O. The molecule has 0 radical (unpaired) electrons. The number of hydrogen-bond acceptors (Lipinski definition) is 3. The van der Waals surface area contributed by atoms with Gasteiger partial charge in [-0.05, 0) is 36.8 Å². The molecule has 0 amide bonds. The largest absolute Gasteiger partial charge is 0.396 e. The zero-order valence-electron chi connectivity index (χ0n) is 11.5. The number of para-hydroxylation sites is 1. The van der Waals surface area contributed by atoms with Gasteiger partial charge >= 0.3 is 0 Å². The van der Waals surface area contributed by atoms with Crippen molar-refractivity contribution >= 4 is 34.0 Å². The van der Waals surface area contributed by atoms with Gasteiger partial charge in [0.05, 0.1) is 28.1 Å². The number of aryl methyl sites for hydroxylation is 1. The Morgan fingerprint density at radius 1 is 1.19 bits per heavy atom. The summed E-state index contributed by atoms with van der Waals surface area (Å²) in [6.07, 6.45) is 2.53. The Bertz CT molecular complexity index is 754. The normalized spacial score (nSPS) is 11.0. The molecule has 0 saturated heterocycles. The number of benzene rings is 2. The van der Waals surface area contributed by atoms with E-state index in [-0.39, 0.29) is 6.61 Å². The Kier molecular flexibility index (Phi) is 4.08. The maximum absolute atomic E-state index is 8.92. The lowest BCUT2D eigenvalue weighted by atomic mass is 10.2. The average molecular weight is 302 g/mol. The van der Waals surface area contributed by atoms with Gasteiger partial charge in [-0.3, -0.25) is 0 Å². The van der Waals surface area contributed by atoms with Crippen LogP contribution in [0.2, 0.25) is 5.02 Å². The molecular weight excluding hydrogens is 286 g/mol. The molecule has 0 aliphatic carbocycles. The first-order valence-corrected chi connectivity index (χ1v) is 7.23. The standard InChI is InChI=1S/C16H16ClN3O/c17-13-4-1-2-5-14(13)19-12-6-7-16-15(10-12)18-11-20(16)8-3-9-21/h1-2,4-7,10-11,19,21H,3,8-9H2. The smallest absolute Gasteiger partial charge is 0.0958 e. The van der Waals surface area contributed by atoms with E-state index in [1.807, 2.05) is 47.0 Å². The zero-order chi connectivity index (χ0) is 14.7. The fraction of sp³-hybridized carbons (Fsp3) is 0.188. The van der Waals surface area contributed by atoms with Crippen LogP contribution in [0.15, 0.2) is 48.8 Å². The van der Waals surface area contributed by atoms with Crippen molar-refractivity contribution < 1.29 is 5.11 Å². The number of aliphatic hydroxyl groups excluding tert-OH is 1. The second-order valence-electron chi connectivity index (χ2n) is 4.82. The third kappa shape index (κ3) is 3.01. The number of nitrogens with zero attached hydrogens (tertiary/aromatic N) is 2. The summed E-state index contributed by atoms with van der Waals surface area (Å²) in [6.45, 7) is 0.954. The van der Waals surface area contributed by atoms with Crippen LogP contribution in [0.1, 0.15) is 6.42 Å². The molecule has 21 heavy (non-hydrogen) atoms. The van der Waals surface area contributed by atoms with Gasteiger partial charge in [0.2, 0.25) is 0 Å².